The van der Waals surface area contributed by atoms with E-state index in [0.29, 0.717) is 28.2 Å². The molecule has 0 unspecified atom stereocenters. The zero-order chi connectivity index (χ0) is 14.3. The Morgan fingerprint density at radius 1 is 1.37 bits per heavy atom. The maximum absolute atomic E-state index is 11.9. The van der Waals surface area contributed by atoms with Crippen LogP contribution in [0.4, 0.5) is 0 Å². The fourth-order valence-electron chi connectivity index (χ4n) is 1.26. The van der Waals surface area contributed by atoms with Crippen molar-refractivity contribution >= 4 is 50.1 Å². The zero-order valence-corrected chi connectivity index (χ0v) is 14.2. The third kappa shape index (κ3) is 7.09. The first-order valence-corrected chi connectivity index (χ1v) is 8.26. The molecular formula is C14H17BrO2S2. The van der Waals surface area contributed by atoms with Crippen LogP contribution in [0.3, 0.4) is 0 Å². The monoisotopic (exact) mass is 360 g/mol. The number of ketones is 1. The fourth-order valence-corrected chi connectivity index (χ4v) is 2.37. The van der Waals surface area contributed by atoms with Crippen molar-refractivity contribution in [2.24, 2.45) is 5.92 Å². The van der Waals surface area contributed by atoms with Gasteiger partial charge >= 0.3 is 0 Å². The highest BCUT2D eigenvalue weighted by Crippen LogP contribution is 2.14. The number of halogens is 1. The van der Waals surface area contributed by atoms with Crippen molar-refractivity contribution in [1.29, 1.82) is 0 Å². The molecule has 0 aliphatic rings. The highest BCUT2D eigenvalue weighted by Gasteiger charge is 2.08. The first-order chi connectivity index (χ1) is 8.99. The lowest BCUT2D eigenvalue weighted by Crippen LogP contribution is -2.07. The third-order valence-corrected chi connectivity index (χ3v) is 4.16. The maximum Gasteiger partial charge on any atom is 0.220 e. The van der Waals surface area contributed by atoms with Gasteiger partial charge in [-0.15, -0.1) is 0 Å². The van der Waals surface area contributed by atoms with Crippen LogP contribution in [0.2, 0.25) is 0 Å². The van der Waals surface area contributed by atoms with Crippen LogP contribution >= 0.6 is 39.9 Å². The Morgan fingerprint density at radius 2 is 2.00 bits per heavy atom. The molecule has 0 heterocycles. The van der Waals surface area contributed by atoms with Gasteiger partial charge in [-0.1, -0.05) is 53.7 Å². The SMILES string of the molecule is CC(C)CCOC(=S)SCC(=O)c1ccc(Br)cc1. The van der Waals surface area contributed by atoms with Crippen LogP contribution in [-0.2, 0) is 4.74 Å². The molecule has 0 aliphatic carbocycles. The number of thioether (sulfide) groups is 1. The summed E-state index contributed by atoms with van der Waals surface area (Å²) in [6, 6.07) is 7.32. The van der Waals surface area contributed by atoms with Gasteiger partial charge < -0.3 is 4.74 Å². The summed E-state index contributed by atoms with van der Waals surface area (Å²) in [7, 11) is 0. The van der Waals surface area contributed by atoms with Gasteiger partial charge in [0, 0.05) is 10.0 Å². The van der Waals surface area contributed by atoms with Gasteiger partial charge in [0.05, 0.1) is 12.4 Å². The molecule has 0 aromatic heterocycles. The van der Waals surface area contributed by atoms with E-state index in [9.17, 15) is 4.79 Å². The van der Waals surface area contributed by atoms with Gasteiger partial charge in [0.2, 0.25) is 4.38 Å². The van der Waals surface area contributed by atoms with E-state index in [1.54, 1.807) is 12.1 Å². The average molecular weight is 361 g/mol. The Kier molecular flexibility index (Phi) is 7.64. The molecule has 104 valence electrons. The van der Waals surface area contributed by atoms with Crippen molar-refractivity contribution in [3.8, 4) is 0 Å². The minimum atomic E-state index is 0.0623. The normalized spacial score (nSPS) is 10.5. The maximum atomic E-state index is 11.9. The predicted molar refractivity (Wildman–Crippen MR) is 88.9 cm³/mol. The van der Waals surface area contributed by atoms with Gasteiger partial charge in [0.1, 0.15) is 0 Å². The number of carbonyl (C=O) groups excluding carboxylic acids is 1. The van der Waals surface area contributed by atoms with Gasteiger partial charge in [-0.05, 0) is 36.7 Å². The number of benzene rings is 1. The molecule has 19 heavy (non-hydrogen) atoms. The highest BCUT2D eigenvalue weighted by atomic mass is 79.9. The number of thiocarbonyl (C=S) groups is 1. The molecule has 1 aromatic rings. The molecule has 1 aromatic carbocycles. The number of hydrogen-bond acceptors (Lipinski definition) is 4. The summed E-state index contributed by atoms with van der Waals surface area (Å²) in [5, 5.41) is 0. The molecule has 0 atom stereocenters. The minimum absolute atomic E-state index is 0.0623. The van der Waals surface area contributed by atoms with E-state index < -0.39 is 0 Å². The van der Waals surface area contributed by atoms with Crippen LogP contribution in [0.5, 0.6) is 0 Å². The van der Waals surface area contributed by atoms with Crippen LogP contribution in [0, 0.1) is 5.92 Å². The van der Waals surface area contributed by atoms with E-state index >= 15 is 0 Å². The quantitative estimate of drug-likeness (QED) is 0.541. The molecular weight excluding hydrogens is 344 g/mol. The standard InChI is InChI=1S/C14H17BrO2S2/c1-10(2)7-8-17-14(18)19-9-13(16)11-3-5-12(15)6-4-11/h3-6,10H,7-9H2,1-2H3. The van der Waals surface area contributed by atoms with E-state index in [4.69, 9.17) is 17.0 Å². The first-order valence-electron chi connectivity index (χ1n) is 6.07. The van der Waals surface area contributed by atoms with Crippen molar-refractivity contribution in [2.45, 2.75) is 20.3 Å². The number of ether oxygens (including phenoxy) is 1. The predicted octanol–water partition coefficient (Wildman–Crippen LogP) is 4.71. The largest absolute Gasteiger partial charge is 0.479 e. The Labute approximate surface area is 132 Å². The molecule has 0 spiro atoms. The van der Waals surface area contributed by atoms with Crippen LogP contribution in [0.1, 0.15) is 30.6 Å². The lowest BCUT2D eigenvalue weighted by atomic mass is 10.1. The van der Waals surface area contributed by atoms with Gasteiger partial charge in [0.15, 0.2) is 5.78 Å². The van der Waals surface area contributed by atoms with Crippen LogP contribution < -0.4 is 0 Å². The van der Waals surface area contributed by atoms with E-state index in [1.807, 2.05) is 12.1 Å². The van der Waals surface area contributed by atoms with Crippen LogP contribution in [-0.4, -0.2) is 22.5 Å². The Bertz CT molecular complexity index is 430. The van der Waals surface area contributed by atoms with E-state index in [0.717, 1.165) is 10.9 Å². The van der Waals surface area contributed by atoms with Gasteiger partial charge in [-0.3, -0.25) is 4.79 Å². The van der Waals surface area contributed by atoms with E-state index in [1.165, 1.54) is 11.8 Å². The van der Waals surface area contributed by atoms with Crippen LogP contribution in [0.25, 0.3) is 0 Å². The van der Waals surface area contributed by atoms with Crippen molar-refractivity contribution in [3.63, 3.8) is 0 Å². The second-order valence-electron chi connectivity index (χ2n) is 4.50. The smallest absolute Gasteiger partial charge is 0.220 e. The van der Waals surface area contributed by atoms with E-state index in [-0.39, 0.29) is 5.78 Å². The molecule has 0 saturated carbocycles. The van der Waals surface area contributed by atoms with Crippen LogP contribution in [0.15, 0.2) is 28.7 Å². The second-order valence-corrected chi connectivity index (χ2v) is 6.99. The van der Waals surface area contributed by atoms with Gasteiger partial charge in [0.25, 0.3) is 0 Å². The second kappa shape index (κ2) is 8.72. The molecule has 5 heteroatoms. The minimum Gasteiger partial charge on any atom is -0.479 e. The molecule has 2 nitrogen and oxygen atoms in total. The topological polar surface area (TPSA) is 26.3 Å². The van der Waals surface area contributed by atoms with Crippen molar-refractivity contribution in [1.82, 2.24) is 0 Å². The van der Waals surface area contributed by atoms with Crippen molar-refractivity contribution in [3.05, 3.63) is 34.3 Å². The number of carbonyl (C=O) groups is 1. The molecule has 0 amide bonds. The molecule has 0 bridgehead atoms. The van der Waals surface area contributed by atoms with Crippen molar-refractivity contribution < 1.29 is 9.53 Å². The third-order valence-electron chi connectivity index (χ3n) is 2.40. The Hall–Kier alpha value is -0.390. The lowest BCUT2D eigenvalue weighted by molar-refractivity contribution is 0.102. The average Bonchev–Trinajstić information content (AvgIpc) is 2.36. The van der Waals surface area contributed by atoms with Gasteiger partial charge in [-0.25, -0.2) is 0 Å². The van der Waals surface area contributed by atoms with E-state index in [2.05, 4.69) is 29.8 Å². The summed E-state index contributed by atoms with van der Waals surface area (Å²) in [5.41, 5.74) is 0.695. The van der Waals surface area contributed by atoms with Crippen molar-refractivity contribution in [2.75, 3.05) is 12.4 Å². The summed E-state index contributed by atoms with van der Waals surface area (Å²) in [4.78, 5) is 11.9. The molecule has 0 radical (unpaired) electrons. The highest BCUT2D eigenvalue weighted by molar-refractivity contribution is 9.10. The summed E-state index contributed by atoms with van der Waals surface area (Å²) in [6.07, 6.45) is 0.974. The number of hydrogen-bond donors (Lipinski definition) is 0. The number of rotatable bonds is 6. The zero-order valence-electron chi connectivity index (χ0n) is 11.0. The Morgan fingerprint density at radius 3 is 2.58 bits per heavy atom. The number of Topliss-reactive ketones (excluding diaryl/α,β-unsaturated/α-hetero) is 1. The Balaban J connectivity index is 2.30. The summed E-state index contributed by atoms with van der Waals surface area (Å²) >= 11 is 9.70. The van der Waals surface area contributed by atoms with Gasteiger partial charge in [-0.2, -0.15) is 0 Å². The summed E-state index contributed by atoms with van der Waals surface area (Å²) < 4.78 is 6.81. The fraction of sp³-hybridized carbons (Fsp3) is 0.429. The molecule has 0 N–H and O–H groups in total. The molecule has 0 fully saturated rings. The molecule has 0 aliphatic heterocycles. The molecule has 1 rings (SSSR count). The summed E-state index contributed by atoms with van der Waals surface area (Å²) in [5.74, 6) is 0.979. The summed E-state index contributed by atoms with van der Waals surface area (Å²) in [6.45, 7) is 4.89. The molecule has 0 saturated heterocycles. The lowest BCUT2D eigenvalue weighted by Gasteiger charge is -2.08. The first kappa shape index (κ1) is 16.7.